The van der Waals surface area contributed by atoms with Gasteiger partial charge in [0.25, 0.3) is 0 Å². The van der Waals surface area contributed by atoms with Gasteiger partial charge in [-0.15, -0.1) is 0 Å². The smallest absolute Gasteiger partial charge is 0.123 e. The Morgan fingerprint density at radius 3 is 2.59 bits per heavy atom. The van der Waals surface area contributed by atoms with Gasteiger partial charge in [0.2, 0.25) is 0 Å². The third kappa shape index (κ3) is 2.53. The van der Waals surface area contributed by atoms with Crippen LogP contribution >= 0.6 is 11.8 Å². The van der Waals surface area contributed by atoms with Crippen LogP contribution in [0.2, 0.25) is 0 Å². The fourth-order valence-corrected chi connectivity index (χ4v) is 2.62. The molecule has 0 radical (unpaired) electrons. The summed E-state index contributed by atoms with van der Waals surface area (Å²) in [6.07, 6.45) is 1.67. The van der Waals surface area contributed by atoms with Crippen LogP contribution in [0.15, 0.2) is 44.7 Å². The molecule has 2 rings (SSSR count). The summed E-state index contributed by atoms with van der Waals surface area (Å²) in [5, 5.41) is 7.57. The SMILES string of the molecule is Cc1ccc(C(=N)N)c(Sc2ccoc2C)c1. The maximum absolute atomic E-state index is 7.57. The summed E-state index contributed by atoms with van der Waals surface area (Å²) in [7, 11) is 0. The van der Waals surface area contributed by atoms with Gasteiger partial charge in [-0.1, -0.05) is 17.8 Å². The van der Waals surface area contributed by atoms with E-state index in [0.717, 1.165) is 26.7 Å². The minimum Gasteiger partial charge on any atom is -0.468 e. The van der Waals surface area contributed by atoms with Crippen molar-refractivity contribution in [3.8, 4) is 0 Å². The first kappa shape index (κ1) is 11.8. The van der Waals surface area contributed by atoms with E-state index in [1.54, 1.807) is 18.0 Å². The van der Waals surface area contributed by atoms with E-state index < -0.39 is 0 Å². The van der Waals surface area contributed by atoms with Gasteiger partial charge in [-0.25, -0.2) is 0 Å². The standard InChI is InChI=1S/C13H14N2OS/c1-8-3-4-10(13(14)15)12(7-8)17-11-5-6-16-9(11)2/h3-7H,1-2H3,(H3,14,15). The van der Waals surface area contributed by atoms with Crippen molar-refractivity contribution < 1.29 is 4.42 Å². The van der Waals surface area contributed by atoms with Gasteiger partial charge in [0.1, 0.15) is 11.6 Å². The molecule has 0 aliphatic carbocycles. The van der Waals surface area contributed by atoms with Crippen LogP contribution in [0.1, 0.15) is 16.9 Å². The first-order valence-corrected chi connectivity index (χ1v) is 6.06. The normalized spacial score (nSPS) is 10.5. The molecule has 0 spiro atoms. The maximum atomic E-state index is 7.57. The van der Waals surface area contributed by atoms with Gasteiger partial charge in [-0.3, -0.25) is 5.41 Å². The van der Waals surface area contributed by atoms with E-state index in [1.165, 1.54) is 0 Å². The van der Waals surface area contributed by atoms with Crippen LogP contribution in [-0.2, 0) is 0 Å². The molecular formula is C13H14N2OS. The summed E-state index contributed by atoms with van der Waals surface area (Å²) in [5.74, 6) is 0.972. The molecule has 0 saturated heterocycles. The molecule has 2 aromatic rings. The molecule has 0 fully saturated rings. The lowest BCUT2D eigenvalue weighted by Gasteiger charge is -2.08. The first-order valence-electron chi connectivity index (χ1n) is 5.25. The highest BCUT2D eigenvalue weighted by atomic mass is 32.2. The topological polar surface area (TPSA) is 63.0 Å². The minimum absolute atomic E-state index is 0.0913. The number of amidine groups is 1. The molecule has 0 atom stereocenters. The number of nitrogen functional groups attached to an aromatic ring is 1. The van der Waals surface area contributed by atoms with Gasteiger partial charge >= 0.3 is 0 Å². The van der Waals surface area contributed by atoms with Crippen LogP contribution in [0.4, 0.5) is 0 Å². The maximum Gasteiger partial charge on any atom is 0.123 e. The summed E-state index contributed by atoms with van der Waals surface area (Å²) in [5.41, 5.74) is 7.49. The lowest BCUT2D eigenvalue weighted by Crippen LogP contribution is -2.12. The number of hydrogen-bond acceptors (Lipinski definition) is 3. The predicted octanol–water partition coefficient (Wildman–Crippen LogP) is 3.33. The second-order valence-electron chi connectivity index (χ2n) is 3.86. The van der Waals surface area contributed by atoms with Gasteiger partial charge in [-0.2, -0.15) is 0 Å². The van der Waals surface area contributed by atoms with Crippen LogP contribution in [0.25, 0.3) is 0 Å². The number of aryl methyl sites for hydroxylation is 2. The van der Waals surface area contributed by atoms with Crippen molar-refractivity contribution in [2.24, 2.45) is 5.73 Å². The highest BCUT2D eigenvalue weighted by molar-refractivity contribution is 7.99. The minimum atomic E-state index is 0.0913. The average molecular weight is 246 g/mol. The predicted molar refractivity (Wildman–Crippen MR) is 69.8 cm³/mol. The fourth-order valence-electron chi connectivity index (χ4n) is 1.53. The van der Waals surface area contributed by atoms with Crippen molar-refractivity contribution in [2.45, 2.75) is 23.6 Å². The van der Waals surface area contributed by atoms with Gasteiger partial charge in [0.05, 0.1) is 11.2 Å². The molecule has 4 heteroatoms. The van der Waals surface area contributed by atoms with Crippen molar-refractivity contribution in [1.29, 1.82) is 5.41 Å². The van der Waals surface area contributed by atoms with Crippen molar-refractivity contribution in [3.63, 3.8) is 0 Å². The van der Waals surface area contributed by atoms with Gasteiger partial charge in [0.15, 0.2) is 0 Å². The molecule has 0 aliphatic heterocycles. The zero-order chi connectivity index (χ0) is 12.4. The van der Waals surface area contributed by atoms with Crippen LogP contribution in [0.3, 0.4) is 0 Å². The number of furan rings is 1. The van der Waals surface area contributed by atoms with E-state index >= 15 is 0 Å². The zero-order valence-corrected chi connectivity index (χ0v) is 10.6. The Balaban J connectivity index is 2.41. The van der Waals surface area contributed by atoms with E-state index in [2.05, 4.69) is 0 Å². The Hall–Kier alpha value is -1.68. The lowest BCUT2D eigenvalue weighted by molar-refractivity contribution is 0.527. The molecule has 0 saturated carbocycles. The number of nitrogens with one attached hydrogen (secondary N) is 1. The Morgan fingerprint density at radius 1 is 1.24 bits per heavy atom. The molecule has 3 nitrogen and oxygen atoms in total. The van der Waals surface area contributed by atoms with Crippen molar-refractivity contribution in [2.75, 3.05) is 0 Å². The largest absolute Gasteiger partial charge is 0.468 e. The third-order valence-electron chi connectivity index (χ3n) is 2.46. The zero-order valence-electron chi connectivity index (χ0n) is 9.78. The molecule has 3 N–H and O–H groups in total. The van der Waals surface area contributed by atoms with E-state index in [0.29, 0.717) is 0 Å². The van der Waals surface area contributed by atoms with E-state index in [-0.39, 0.29) is 5.84 Å². The summed E-state index contributed by atoms with van der Waals surface area (Å²) < 4.78 is 5.26. The molecule has 17 heavy (non-hydrogen) atoms. The van der Waals surface area contributed by atoms with E-state index in [4.69, 9.17) is 15.6 Å². The Labute approximate surface area is 105 Å². The molecular weight excluding hydrogens is 232 g/mol. The van der Waals surface area contributed by atoms with Gasteiger partial charge in [0, 0.05) is 10.5 Å². The number of nitrogens with two attached hydrogens (primary N) is 1. The van der Waals surface area contributed by atoms with Crippen molar-refractivity contribution in [1.82, 2.24) is 0 Å². The average Bonchev–Trinajstić information content (AvgIpc) is 2.64. The third-order valence-corrected chi connectivity index (χ3v) is 3.66. The van der Waals surface area contributed by atoms with Crippen molar-refractivity contribution >= 4 is 17.6 Å². The lowest BCUT2D eigenvalue weighted by atomic mass is 10.1. The second kappa shape index (κ2) is 4.67. The molecule has 0 bridgehead atoms. The summed E-state index contributed by atoms with van der Waals surface area (Å²) >= 11 is 1.58. The molecule has 1 aromatic carbocycles. The monoisotopic (exact) mass is 246 g/mol. The number of rotatable bonds is 3. The summed E-state index contributed by atoms with van der Waals surface area (Å²) in [4.78, 5) is 2.04. The Kier molecular flexibility index (Phi) is 3.24. The molecule has 0 amide bonds. The van der Waals surface area contributed by atoms with Crippen LogP contribution in [-0.4, -0.2) is 5.84 Å². The molecule has 1 aromatic heterocycles. The molecule has 88 valence electrons. The molecule has 0 unspecified atom stereocenters. The highest BCUT2D eigenvalue weighted by Gasteiger charge is 2.10. The van der Waals surface area contributed by atoms with Gasteiger partial charge in [-0.05, 0) is 37.6 Å². The van der Waals surface area contributed by atoms with Crippen molar-refractivity contribution in [3.05, 3.63) is 47.4 Å². The Morgan fingerprint density at radius 2 is 2.00 bits per heavy atom. The fraction of sp³-hybridized carbons (Fsp3) is 0.154. The van der Waals surface area contributed by atoms with E-state index in [9.17, 15) is 0 Å². The second-order valence-corrected chi connectivity index (χ2v) is 4.94. The molecule has 0 aliphatic rings. The number of hydrogen-bond donors (Lipinski definition) is 2. The summed E-state index contributed by atoms with van der Waals surface area (Å²) in [6, 6.07) is 7.80. The van der Waals surface area contributed by atoms with Crippen LogP contribution in [0, 0.1) is 19.3 Å². The number of benzene rings is 1. The first-order chi connectivity index (χ1) is 8.08. The quantitative estimate of drug-likeness (QED) is 0.645. The van der Waals surface area contributed by atoms with Crippen LogP contribution < -0.4 is 5.73 Å². The van der Waals surface area contributed by atoms with Gasteiger partial charge < -0.3 is 10.2 Å². The summed E-state index contributed by atoms with van der Waals surface area (Å²) in [6.45, 7) is 3.95. The molecule has 1 heterocycles. The van der Waals surface area contributed by atoms with E-state index in [1.807, 2.05) is 38.1 Å². The van der Waals surface area contributed by atoms with Crippen LogP contribution in [0.5, 0.6) is 0 Å². The Bertz CT molecular complexity index is 560. The highest BCUT2D eigenvalue weighted by Crippen LogP contribution is 2.33.